The number of nitrogens with zero attached hydrogens (tertiary/aromatic N) is 2. The molecule has 0 atom stereocenters. The van der Waals surface area contributed by atoms with Gasteiger partial charge in [-0.15, -0.1) is 0 Å². The summed E-state index contributed by atoms with van der Waals surface area (Å²) >= 11 is 5.81. The van der Waals surface area contributed by atoms with Gasteiger partial charge in [0.1, 0.15) is 11.1 Å². The molecule has 0 spiro atoms. The maximum atomic E-state index is 11.9. The molecule has 0 saturated heterocycles. The molecule has 0 aliphatic carbocycles. The molecule has 2 N–H and O–H groups in total. The molecule has 84 valence electrons. The molecule has 2 aromatic rings. The normalized spacial score (nSPS) is 9.88. The summed E-state index contributed by atoms with van der Waals surface area (Å²) in [6.07, 6.45) is 1.39. The van der Waals surface area contributed by atoms with Gasteiger partial charge in [0.2, 0.25) is 0 Å². The number of aromatic nitrogens is 1. The Morgan fingerprint density at radius 3 is 2.53 bits per heavy atom. The van der Waals surface area contributed by atoms with Gasteiger partial charge in [-0.3, -0.25) is 9.36 Å². The first-order valence-electron chi connectivity index (χ1n) is 4.81. The first-order chi connectivity index (χ1) is 8.15. The molecular formula is C12H8ClN3O. The molecule has 1 aromatic heterocycles. The fourth-order valence-corrected chi connectivity index (χ4v) is 1.66. The topological polar surface area (TPSA) is 71.8 Å². The maximum Gasteiger partial charge on any atom is 0.276 e. The summed E-state index contributed by atoms with van der Waals surface area (Å²) in [5, 5.41) is 8.77. The van der Waals surface area contributed by atoms with Crippen molar-refractivity contribution in [3.05, 3.63) is 57.5 Å². The molecule has 0 radical (unpaired) electrons. The van der Waals surface area contributed by atoms with Crippen molar-refractivity contribution in [2.24, 2.45) is 0 Å². The van der Waals surface area contributed by atoms with Crippen LogP contribution in [0.15, 0.2) is 41.3 Å². The van der Waals surface area contributed by atoms with E-state index in [2.05, 4.69) is 0 Å². The Bertz CT molecular complexity index is 656. The van der Waals surface area contributed by atoms with Crippen molar-refractivity contribution >= 4 is 17.3 Å². The smallest absolute Gasteiger partial charge is 0.276 e. The van der Waals surface area contributed by atoms with Crippen LogP contribution in [0.2, 0.25) is 5.02 Å². The van der Waals surface area contributed by atoms with E-state index in [9.17, 15) is 4.79 Å². The molecule has 0 unspecified atom stereocenters. The zero-order valence-electron chi connectivity index (χ0n) is 8.72. The van der Waals surface area contributed by atoms with Crippen LogP contribution in [0.4, 0.5) is 5.69 Å². The van der Waals surface area contributed by atoms with Gasteiger partial charge in [0.15, 0.2) is 0 Å². The van der Waals surface area contributed by atoms with Crippen molar-refractivity contribution in [2.45, 2.75) is 0 Å². The van der Waals surface area contributed by atoms with Crippen LogP contribution in [0, 0.1) is 11.3 Å². The fourth-order valence-electron chi connectivity index (χ4n) is 1.47. The Morgan fingerprint density at radius 1 is 1.29 bits per heavy atom. The average molecular weight is 246 g/mol. The van der Waals surface area contributed by atoms with E-state index >= 15 is 0 Å². The van der Waals surface area contributed by atoms with E-state index in [-0.39, 0.29) is 16.3 Å². The van der Waals surface area contributed by atoms with E-state index in [1.54, 1.807) is 24.3 Å². The number of benzene rings is 1. The molecule has 0 amide bonds. The summed E-state index contributed by atoms with van der Waals surface area (Å²) in [6.45, 7) is 0. The predicted molar refractivity (Wildman–Crippen MR) is 66.2 cm³/mol. The third kappa shape index (κ3) is 1.88. The first-order valence-corrected chi connectivity index (χ1v) is 5.19. The highest BCUT2D eigenvalue weighted by molar-refractivity contribution is 6.33. The van der Waals surface area contributed by atoms with Gasteiger partial charge < -0.3 is 5.73 Å². The summed E-state index contributed by atoms with van der Waals surface area (Å²) in [7, 11) is 0. The quantitative estimate of drug-likeness (QED) is 0.835. The molecule has 0 fully saturated rings. The zero-order chi connectivity index (χ0) is 12.4. The number of pyridine rings is 1. The fraction of sp³-hybridized carbons (Fsp3) is 0. The van der Waals surface area contributed by atoms with Gasteiger partial charge in [-0.2, -0.15) is 5.26 Å². The molecule has 5 heteroatoms. The van der Waals surface area contributed by atoms with E-state index in [4.69, 9.17) is 22.6 Å². The second-order valence-corrected chi connectivity index (χ2v) is 3.77. The number of hydrogen-bond donors (Lipinski definition) is 1. The lowest BCUT2D eigenvalue weighted by Crippen LogP contribution is -2.20. The predicted octanol–water partition coefficient (Wildman–Crippen LogP) is 1.94. The highest BCUT2D eigenvalue weighted by Gasteiger charge is 2.11. The van der Waals surface area contributed by atoms with E-state index in [0.717, 1.165) is 0 Å². The van der Waals surface area contributed by atoms with Crippen molar-refractivity contribution in [2.75, 3.05) is 5.73 Å². The van der Waals surface area contributed by atoms with Crippen LogP contribution in [-0.4, -0.2) is 4.57 Å². The van der Waals surface area contributed by atoms with Crippen molar-refractivity contribution in [3.8, 4) is 11.8 Å². The largest absolute Gasteiger partial charge is 0.396 e. The van der Waals surface area contributed by atoms with Gasteiger partial charge in [-0.25, -0.2) is 0 Å². The number of halogens is 1. The Morgan fingerprint density at radius 2 is 1.94 bits per heavy atom. The van der Waals surface area contributed by atoms with Crippen LogP contribution in [-0.2, 0) is 0 Å². The second kappa shape index (κ2) is 4.32. The molecular weight excluding hydrogens is 238 g/mol. The van der Waals surface area contributed by atoms with E-state index in [0.29, 0.717) is 5.69 Å². The summed E-state index contributed by atoms with van der Waals surface area (Å²) in [6, 6.07) is 10.8. The third-order valence-corrected chi connectivity index (χ3v) is 2.71. The number of para-hydroxylation sites is 1. The highest BCUT2D eigenvalue weighted by Crippen LogP contribution is 2.19. The van der Waals surface area contributed by atoms with Gasteiger partial charge in [0.25, 0.3) is 5.56 Å². The molecule has 17 heavy (non-hydrogen) atoms. The van der Waals surface area contributed by atoms with Crippen molar-refractivity contribution in [3.63, 3.8) is 0 Å². The van der Waals surface area contributed by atoms with E-state index < -0.39 is 5.56 Å². The molecule has 1 heterocycles. The molecule has 4 nitrogen and oxygen atoms in total. The summed E-state index contributed by atoms with van der Waals surface area (Å²) in [4.78, 5) is 11.9. The zero-order valence-corrected chi connectivity index (χ0v) is 9.48. The number of rotatable bonds is 1. The van der Waals surface area contributed by atoms with E-state index in [1.807, 2.05) is 12.1 Å². The summed E-state index contributed by atoms with van der Waals surface area (Å²) in [5.74, 6) is 0. The summed E-state index contributed by atoms with van der Waals surface area (Å²) in [5.41, 5.74) is 5.97. The minimum Gasteiger partial charge on any atom is -0.396 e. The summed E-state index contributed by atoms with van der Waals surface area (Å²) < 4.78 is 1.30. The molecule has 2 rings (SSSR count). The van der Waals surface area contributed by atoms with E-state index in [1.165, 1.54) is 10.8 Å². The number of hydrogen-bond acceptors (Lipinski definition) is 3. The van der Waals surface area contributed by atoms with Gasteiger partial charge >= 0.3 is 0 Å². The van der Waals surface area contributed by atoms with Crippen molar-refractivity contribution in [1.82, 2.24) is 4.57 Å². The Balaban J connectivity index is 2.77. The van der Waals surface area contributed by atoms with Gasteiger partial charge in [-0.1, -0.05) is 29.8 Å². The van der Waals surface area contributed by atoms with Crippen LogP contribution in [0.25, 0.3) is 5.69 Å². The molecule has 0 bridgehead atoms. The Hall–Kier alpha value is -2.25. The second-order valence-electron chi connectivity index (χ2n) is 3.39. The number of nitrogen functional groups attached to an aromatic ring is 1. The Labute approximate surface area is 102 Å². The van der Waals surface area contributed by atoms with Gasteiger partial charge in [0.05, 0.1) is 11.3 Å². The lowest BCUT2D eigenvalue weighted by atomic mass is 10.2. The lowest BCUT2D eigenvalue weighted by molar-refractivity contribution is 0.987. The Kier molecular flexibility index (Phi) is 2.86. The third-order valence-electron chi connectivity index (χ3n) is 2.35. The number of anilines is 1. The minimum atomic E-state index is -0.436. The van der Waals surface area contributed by atoms with Crippen LogP contribution < -0.4 is 11.3 Å². The standard InChI is InChI=1S/C12H8ClN3O/c13-10-11(15)8(6-14)7-16(12(10)17)9-4-2-1-3-5-9/h1-5,7H,15H2. The average Bonchev–Trinajstić information content (AvgIpc) is 2.37. The molecule has 0 saturated carbocycles. The SMILES string of the molecule is N#Cc1cn(-c2ccccc2)c(=O)c(Cl)c1N. The first kappa shape index (κ1) is 11.2. The van der Waals surface area contributed by atoms with Crippen LogP contribution in [0.3, 0.4) is 0 Å². The van der Waals surface area contributed by atoms with Crippen LogP contribution in [0.1, 0.15) is 5.56 Å². The number of nitrogens with two attached hydrogens (primary N) is 1. The monoisotopic (exact) mass is 245 g/mol. The van der Waals surface area contributed by atoms with Crippen LogP contribution in [0.5, 0.6) is 0 Å². The molecule has 0 aliphatic heterocycles. The molecule has 1 aromatic carbocycles. The van der Waals surface area contributed by atoms with Crippen molar-refractivity contribution < 1.29 is 0 Å². The van der Waals surface area contributed by atoms with Crippen molar-refractivity contribution in [1.29, 1.82) is 5.26 Å². The highest BCUT2D eigenvalue weighted by atomic mass is 35.5. The minimum absolute atomic E-state index is 0.0198. The van der Waals surface area contributed by atoms with Gasteiger partial charge in [-0.05, 0) is 12.1 Å². The van der Waals surface area contributed by atoms with Crippen LogP contribution >= 0.6 is 11.6 Å². The van der Waals surface area contributed by atoms with Gasteiger partial charge in [0, 0.05) is 11.9 Å². The maximum absolute atomic E-state index is 11.9. The lowest BCUT2D eigenvalue weighted by Gasteiger charge is -2.08. The number of nitriles is 1. The molecule has 0 aliphatic rings.